The summed E-state index contributed by atoms with van der Waals surface area (Å²) in [5, 5.41) is 1.08. The van der Waals surface area contributed by atoms with Gasteiger partial charge in [-0.15, -0.1) is 0 Å². The van der Waals surface area contributed by atoms with Crippen LogP contribution >= 0.6 is 15.9 Å². The van der Waals surface area contributed by atoms with Gasteiger partial charge in [0.25, 0.3) is 0 Å². The summed E-state index contributed by atoms with van der Waals surface area (Å²) in [5.74, 6) is 2.06. The summed E-state index contributed by atoms with van der Waals surface area (Å²) in [7, 11) is 0. The van der Waals surface area contributed by atoms with Crippen molar-refractivity contribution in [1.29, 1.82) is 0 Å². The highest BCUT2D eigenvalue weighted by atomic mass is 79.9. The molecule has 4 heterocycles. The molecule has 0 bridgehead atoms. The lowest BCUT2D eigenvalue weighted by atomic mass is 10.1. The van der Waals surface area contributed by atoms with Gasteiger partial charge in [-0.1, -0.05) is 0 Å². The maximum atomic E-state index is 12.5. The largest absolute Gasteiger partial charge is 0.444 e. The maximum absolute atomic E-state index is 12.5. The molecule has 2 aliphatic rings. The van der Waals surface area contributed by atoms with E-state index in [2.05, 4.69) is 30.8 Å². The lowest BCUT2D eigenvalue weighted by Gasteiger charge is -2.36. The van der Waals surface area contributed by atoms with Gasteiger partial charge in [0.2, 0.25) is 0 Å². The van der Waals surface area contributed by atoms with Gasteiger partial charge in [-0.25, -0.2) is 14.8 Å². The Morgan fingerprint density at radius 2 is 1.82 bits per heavy atom. The first-order valence-corrected chi connectivity index (χ1v) is 12.1. The highest BCUT2D eigenvalue weighted by Gasteiger charge is 2.31. The highest BCUT2D eigenvalue weighted by molar-refractivity contribution is 9.10. The quantitative estimate of drug-likeness (QED) is 0.500. The fourth-order valence-electron chi connectivity index (χ4n) is 4.13. The zero-order valence-corrected chi connectivity index (χ0v) is 20.7. The van der Waals surface area contributed by atoms with Gasteiger partial charge in [0.15, 0.2) is 5.82 Å². The number of carbonyl (C=O) groups is 1. The topological polar surface area (TPSA) is 84.3 Å². The van der Waals surface area contributed by atoms with Crippen LogP contribution in [0.2, 0.25) is 0 Å². The molecule has 0 aromatic carbocycles. The summed E-state index contributed by atoms with van der Waals surface area (Å²) in [4.78, 5) is 35.1. The molecule has 5 rings (SSSR count). The highest BCUT2D eigenvalue weighted by Crippen LogP contribution is 2.45. The van der Waals surface area contributed by atoms with Crippen LogP contribution in [-0.4, -0.2) is 62.7 Å². The van der Waals surface area contributed by atoms with E-state index in [-0.39, 0.29) is 6.09 Å². The van der Waals surface area contributed by atoms with Crippen molar-refractivity contribution in [2.45, 2.75) is 45.1 Å². The van der Waals surface area contributed by atoms with Crippen LogP contribution in [0.1, 0.15) is 45.1 Å². The van der Waals surface area contributed by atoms with Gasteiger partial charge < -0.3 is 14.5 Å². The first kappa shape index (κ1) is 22.0. The van der Waals surface area contributed by atoms with E-state index in [1.807, 2.05) is 39.2 Å². The second-order valence-electron chi connectivity index (χ2n) is 9.58. The number of hydrogen-bond acceptors (Lipinski definition) is 7. The van der Waals surface area contributed by atoms with E-state index in [4.69, 9.17) is 14.7 Å². The van der Waals surface area contributed by atoms with Crippen LogP contribution in [0.4, 0.5) is 10.6 Å². The molecule has 0 unspecified atom stereocenters. The number of fused-ring (bicyclic) bond motifs is 1. The van der Waals surface area contributed by atoms with Crippen LogP contribution in [0, 0.1) is 0 Å². The maximum Gasteiger partial charge on any atom is 0.410 e. The summed E-state index contributed by atoms with van der Waals surface area (Å²) in [5.41, 5.74) is 2.45. The fourth-order valence-corrected chi connectivity index (χ4v) is 4.55. The number of halogens is 1. The third kappa shape index (κ3) is 4.64. The Morgan fingerprint density at radius 1 is 1.06 bits per heavy atom. The number of hydrogen-bond donors (Lipinski definition) is 0. The lowest BCUT2D eigenvalue weighted by Crippen LogP contribution is -2.50. The molecule has 2 fully saturated rings. The number of rotatable bonds is 3. The van der Waals surface area contributed by atoms with Gasteiger partial charge in [0.1, 0.15) is 11.4 Å². The van der Waals surface area contributed by atoms with Crippen LogP contribution in [0.25, 0.3) is 22.3 Å². The van der Waals surface area contributed by atoms with E-state index in [1.165, 1.54) is 18.4 Å². The van der Waals surface area contributed by atoms with E-state index in [1.54, 1.807) is 17.3 Å². The van der Waals surface area contributed by atoms with Crippen LogP contribution in [-0.2, 0) is 4.74 Å². The van der Waals surface area contributed by atoms with Gasteiger partial charge in [0.05, 0.1) is 11.7 Å². The normalized spacial score (nSPS) is 16.8. The van der Waals surface area contributed by atoms with Crippen molar-refractivity contribution < 1.29 is 9.53 Å². The van der Waals surface area contributed by atoms with Gasteiger partial charge in [0, 0.05) is 60.2 Å². The molecule has 172 valence electrons. The van der Waals surface area contributed by atoms with Crippen LogP contribution < -0.4 is 4.90 Å². The van der Waals surface area contributed by atoms with Gasteiger partial charge in [-0.2, -0.15) is 0 Å². The van der Waals surface area contributed by atoms with Crippen LogP contribution in [0.15, 0.2) is 35.3 Å². The van der Waals surface area contributed by atoms with Crippen molar-refractivity contribution in [3.8, 4) is 11.4 Å². The average Bonchev–Trinajstić information content (AvgIpc) is 3.63. The zero-order chi connectivity index (χ0) is 23.2. The van der Waals surface area contributed by atoms with E-state index in [0.29, 0.717) is 37.9 Å². The summed E-state index contributed by atoms with van der Waals surface area (Å²) in [6.45, 7) is 8.18. The van der Waals surface area contributed by atoms with E-state index < -0.39 is 5.60 Å². The molecule has 1 saturated carbocycles. The molecule has 0 spiro atoms. The van der Waals surface area contributed by atoms with Gasteiger partial charge in [-0.05, 0) is 67.1 Å². The smallest absolute Gasteiger partial charge is 0.410 e. The molecular weight excluding hydrogens is 484 g/mol. The minimum Gasteiger partial charge on any atom is -0.444 e. The monoisotopic (exact) mass is 510 g/mol. The van der Waals surface area contributed by atoms with Crippen molar-refractivity contribution in [3.63, 3.8) is 0 Å². The Hall–Kier alpha value is -2.81. The second kappa shape index (κ2) is 8.52. The Bertz CT molecular complexity index is 1200. The molecule has 0 N–H and O–H groups in total. The van der Waals surface area contributed by atoms with E-state index in [0.717, 1.165) is 26.8 Å². The Kier molecular flexibility index (Phi) is 5.68. The van der Waals surface area contributed by atoms with Crippen molar-refractivity contribution in [2.75, 3.05) is 31.1 Å². The first-order valence-electron chi connectivity index (χ1n) is 11.3. The number of aromatic nitrogens is 4. The zero-order valence-electron chi connectivity index (χ0n) is 19.1. The van der Waals surface area contributed by atoms with Crippen molar-refractivity contribution in [1.82, 2.24) is 24.8 Å². The minimum absolute atomic E-state index is 0.265. The van der Waals surface area contributed by atoms with E-state index >= 15 is 0 Å². The number of amides is 1. The molecule has 33 heavy (non-hydrogen) atoms. The Labute approximate surface area is 201 Å². The van der Waals surface area contributed by atoms with Crippen LogP contribution in [0.3, 0.4) is 0 Å². The number of carbonyl (C=O) groups excluding carboxylic acids is 1. The fraction of sp³-hybridized carbons (Fsp3) is 0.458. The first-order chi connectivity index (χ1) is 15.8. The SMILES string of the molecule is CC(C)(C)OC(=O)N1CCN(c2nc(-c3ccncc3Br)nc3cncc(C4CC4)c23)CC1. The predicted molar refractivity (Wildman–Crippen MR) is 130 cm³/mol. The summed E-state index contributed by atoms with van der Waals surface area (Å²) >= 11 is 3.58. The molecule has 0 atom stereocenters. The minimum atomic E-state index is -0.504. The molecule has 3 aromatic heterocycles. The standard InChI is InChI=1S/C24H27BrN6O2/c1-24(2,3)33-23(32)31-10-8-30(9-11-31)22-20-17(15-4-5-15)12-27-14-19(20)28-21(29-22)16-6-7-26-13-18(16)25/h6-7,12-15H,4-5,8-11H2,1-3H3. The molecule has 1 amide bonds. The molecule has 3 aromatic rings. The number of nitrogens with zero attached hydrogens (tertiary/aromatic N) is 6. The van der Waals surface area contributed by atoms with Crippen molar-refractivity contribution in [3.05, 3.63) is 40.9 Å². The number of anilines is 1. The van der Waals surface area contributed by atoms with Crippen LogP contribution in [0.5, 0.6) is 0 Å². The number of pyridine rings is 2. The third-order valence-corrected chi connectivity index (χ3v) is 6.51. The predicted octanol–water partition coefficient (Wildman–Crippen LogP) is 4.78. The summed E-state index contributed by atoms with van der Waals surface area (Å²) in [6, 6.07) is 1.91. The third-order valence-electron chi connectivity index (χ3n) is 5.88. The van der Waals surface area contributed by atoms with Crippen molar-refractivity contribution in [2.24, 2.45) is 0 Å². The molecule has 0 radical (unpaired) electrons. The van der Waals surface area contributed by atoms with Gasteiger partial charge >= 0.3 is 6.09 Å². The number of piperazine rings is 1. The summed E-state index contributed by atoms with van der Waals surface area (Å²) < 4.78 is 6.40. The van der Waals surface area contributed by atoms with Crippen molar-refractivity contribution >= 4 is 38.7 Å². The van der Waals surface area contributed by atoms with Gasteiger partial charge in [-0.3, -0.25) is 9.97 Å². The molecule has 1 saturated heterocycles. The molecule has 1 aliphatic heterocycles. The second-order valence-corrected chi connectivity index (χ2v) is 10.4. The average molecular weight is 511 g/mol. The molecule has 8 nitrogen and oxygen atoms in total. The summed E-state index contributed by atoms with van der Waals surface area (Å²) in [6.07, 6.45) is 9.36. The Morgan fingerprint density at radius 3 is 2.48 bits per heavy atom. The number of ether oxygens (including phenoxy) is 1. The molecular formula is C24H27BrN6O2. The Balaban J connectivity index is 1.52. The molecule has 9 heteroatoms. The van der Waals surface area contributed by atoms with E-state index in [9.17, 15) is 4.79 Å². The lowest BCUT2D eigenvalue weighted by molar-refractivity contribution is 0.0240. The molecule has 1 aliphatic carbocycles.